The lowest BCUT2D eigenvalue weighted by Crippen LogP contribution is -2.28. The number of nitrogens with zero attached hydrogens (tertiary/aromatic N) is 1. The molecule has 0 saturated heterocycles. The van der Waals surface area contributed by atoms with E-state index in [1.165, 1.54) is 19.2 Å². The quantitative estimate of drug-likeness (QED) is 0.858. The van der Waals surface area contributed by atoms with Crippen molar-refractivity contribution in [3.63, 3.8) is 0 Å². The Hall–Kier alpha value is -2.61. The van der Waals surface area contributed by atoms with Crippen molar-refractivity contribution in [3.8, 4) is 0 Å². The summed E-state index contributed by atoms with van der Waals surface area (Å²) in [6, 6.07) is 6.53. The lowest BCUT2D eigenvalue weighted by Gasteiger charge is -2.15. The van der Waals surface area contributed by atoms with E-state index in [1.54, 1.807) is 19.2 Å². The molecule has 25 heavy (non-hydrogen) atoms. The van der Waals surface area contributed by atoms with Gasteiger partial charge in [-0.25, -0.2) is 4.79 Å². The Balaban J connectivity index is 2.06. The summed E-state index contributed by atoms with van der Waals surface area (Å²) in [5.41, 5.74) is 0.810. The molecule has 0 aliphatic heterocycles. The number of carbonyl (C=O) groups excluding carboxylic acids is 1. The van der Waals surface area contributed by atoms with E-state index in [0.29, 0.717) is 0 Å². The van der Waals surface area contributed by atoms with Gasteiger partial charge in [-0.1, -0.05) is 12.1 Å². The first-order valence-electron chi connectivity index (χ1n) is 7.45. The summed E-state index contributed by atoms with van der Waals surface area (Å²) in [4.78, 5) is 16.0. The number of methoxy groups -OCH3 is 1. The average Bonchev–Trinajstić information content (AvgIpc) is 2.55. The van der Waals surface area contributed by atoms with Gasteiger partial charge in [0.25, 0.3) is 0 Å². The lowest BCUT2D eigenvalue weighted by molar-refractivity contribution is -0.138. The second kappa shape index (κ2) is 7.98. The summed E-state index contributed by atoms with van der Waals surface area (Å²) in [7, 11) is 1.32. The van der Waals surface area contributed by atoms with E-state index in [0.717, 1.165) is 17.3 Å². The fraction of sp³-hybridized carbons (Fsp3) is 0.294. The number of hydrogen-bond acceptors (Lipinski definition) is 3. The fourth-order valence-electron chi connectivity index (χ4n) is 2.25. The van der Waals surface area contributed by atoms with Crippen LogP contribution in [0.5, 0.6) is 0 Å². The Morgan fingerprint density at radius 1 is 1.24 bits per heavy atom. The molecule has 2 amide bonds. The molecule has 1 heterocycles. The van der Waals surface area contributed by atoms with Crippen LogP contribution in [0.1, 0.15) is 22.4 Å². The maximum atomic E-state index is 13.1. The summed E-state index contributed by atoms with van der Waals surface area (Å²) < 4.78 is 44.1. The third-order valence-electron chi connectivity index (χ3n) is 3.53. The Morgan fingerprint density at radius 3 is 2.64 bits per heavy atom. The molecular weight excluding hydrogens is 335 g/mol. The summed E-state index contributed by atoms with van der Waals surface area (Å²) >= 11 is 0. The van der Waals surface area contributed by atoms with E-state index < -0.39 is 17.8 Å². The van der Waals surface area contributed by atoms with Gasteiger partial charge < -0.3 is 15.4 Å². The molecule has 2 rings (SSSR count). The Morgan fingerprint density at radius 2 is 2.00 bits per heavy atom. The first-order valence-corrected chi connectivity index (χ1v) is 7.45. The zero-order valence-corrected chi connectivity index (χ0v) is 13.8. The number of amides is 2. The third kappa shape index (κ3) is 5.18. The second-order valence-corrected chi connectivity index (χ2v) is 5.36. The maximum absolute atomic E-state index is 13.1. The van der Waals surface area contributed by atoms with E-state index in [2.05, 4.69) is 15.6 Å². The first kappa shape index (κ1) is 18.7. The maximum Gasteiger partial charge on any atom is 0.416 e. The van der Waals surface area contributed by atoms with Crippen LogP contribution in [0.2, 0.25) is 0 Å². The standard InChI is InChI=1S/C17H18F3N3O2/c1-11-12(4-3-7-21-11)9-22-16(24)23-14-6-5-13(10-25-2)15(8-14)17(18,19)20/h3-8H,9-10H2,1-2H3,(H2,22,23,24). The van der Waals surface area contributed by atoms with Gasteiger partial charge in [0.15, 0.2) is 0 Å². The van der Waals surface area contributed by atoms with E-state index in [1.807, 2.05) is 6.07 Å². The van der Waals surface area contributed by atoms with Crippen LogP contribution in [-0.2, 0) is 24.1 Å². The number of benzene rings is 1. The molecule has 5 nitrogen and oxygen atoms in total. The van der Waals surface area contributed by atoms with E-state index in [4.69, 9.17) is 4.74 Å². The number of urea groups is 1. The van der Waals surface area contributed by atoms with Gasteiger partial charge in [-0.2, -0.15) is 13.2 Å². The largest absolute Gasteiger partial charge is 0.416 e. The van der Waals surface area contributed by atoms with Gasteiger partial charge in [-0.05, 0) is 36.2 Å². The zero-order chi connectivity index (χ0) is 18.4. The number of hydrogen-bond donors (Lipinski definition) is 2. The van der Waals surface area contributed by atoms with Crippen molar-refractivity contribution < 1.29 is 22.7 Å². The second-order valence-electron chi connectivity index (χ2n) is 5.36. The van der Waals surface area contributed by atoms with Crippen LogP contribution in [-0.4, -0.2) is 18.1 Å². The van der Waals surface area contributed by atoms with Crippen molar-refractivity contribution in [1.82, 2.24) is 10.3 Å². The zero-order valence-electron chi connectivity index (χ0n) is 13.8. The van der Waals surface area contributed by atoms with Crippen LogP contribution >= 0.6 is 0 Å². The third-order valence-corrected chi connectivity index (χ3v) is 3.53. The lowest BCUT2D eigenvalue weighted by atomic mass is 10.1. The molecular formula is C17H18F3N3O2. The molecule has 134 valence electrons. The molecule has 0 atom stereocenters. The molecule has 8 heteroatoms. The number of ether oxygens (including phenoxy) is 1. The topological polar surface area (TPSA) is 63.2 Å². The predicted molar refractivity (Wildman–Crippen MR) is 87.0 cm³/mol. The minimum atomic E-state index is -4.53. The number of anilines is 1. The molecule has 1 aromatic carbocycles. The van der Waals surface area contributed by atoms with Crippen molar-refractivity contribution in [2.24, 2.45) is 0 Å². The molecule has 0 aliphatic carbocycles. The van der Waals surface area contributed by atoms with Crippen LogP contribution in [0.15, 0.2) is 36.5 Å². The molecule has 0 unspecified atom stereocenters. The highest BCUT2D eigenvalue weighted by Gasteiger charge is 2.33. The Bertz CT molecular complexity index is 748. The predicted octanol–water partition coefficient (Wildman–Crippen LogP) is 3.88. The Kier molecular flexibility index (Phi) is 5.97. The average molecular weight is 353 g/mol. The summed E-state index contributed by atoms with van der Waals surface area (Å²) in [5.74, 6) is 0. The van der Waals surface area contributed by atoms with Gasteiger partial charge >= 0.3 is 12.2 Å². The van der Waals surface area contributed by atoms with Crippen molar-refractivity contribution in [2.75, 3.05) is 12.4 Å². The summed E-state index contributed by atoms with van der Waals surface area (Å²) in [6.07, 6.45) is -2.89. The minimum absolute atomic E-state index is 0.00643. The number of aromatic nitrogens is 1. The Labute approximate surface area is 143 Å². The van der Waals surface area contributed by atoms with Gasteiger partial charge in [0.2, 0.25) is 0 Å². The van der Waals surface area contributed by atoms with Crippen LogP contribution < -0.4 is 10.6 Å². The fourth-order valence-corrected chi connectivity index (χ4v) is 2.25. The summed E-state index contributed by atoms with van der Waals surface area (Å²) in [6.45, 7) is 1.86. The number of halogens is 3. The smallest absolute Gasteiger partial charge is 0.380 e. The number of alkyl halides is 3. The highest BCUT2D eigenvalue weighted by atomic mass is 19.4. The molecule has 1 aromatic heterocycles. The van der Waals surface area contributed by atoms with E-state index in [-0.39, 0.29) is 24.4 Å². The molecule has 0 aliphatic rings. The van der Waals surface area contributed by atoms with Crippen LogP contribution in [0.3, 0.4) is 0 Å². The van der Waals surface area contributed by atoms with E-state index >= 15 is 0 Å². The van der Waals surface area contributed by atoms with Crippen molar-refractivity contribution >= 4 is 11.7 Å². The van der Waals surface area contributed by atoms with Crippen molar-refractivity contribution in [1.29, 1.82) is 0 Å². The number of nitrogens with one attached hydrogen (secondary N) is 2. The van der Waals surface area contributed by atoms with Gasteiger partial charge in [0, 0.05) is 31.2 Å². The highest BCUT2D eigenvalue weighted by molar-refractivity contribution is 5.89. The number of aryl methyl sites for hydroxylation is 1. The molecule has 2 N–H and O–H groups in total. The minimum Gasteiger partial charge on any atom is -0.380 e. The van der Waals surface area contributed by atoms with Crippen LogP contribution in [0.25, 0.3) is 0 Å². The molecule has 0 saturated carbocycles. The number of pyridine rings is 1. The first-order chi connectivity index (χ1) is 11.8. The monoisotopic (exact) mass is 353 g/mol. The normalized spacial score (nSPS) is 11.2. The molecule has 2 aromatic rings. The van der Waals surface area contributed by atoms with Crippen molar-refractivity contribution in [2.45, 2.75) is 26.3 Å². The molecule has 0 fully saturated rings. The summed E-state index contributed by atoms with van der Waals surface area (Å²) in [5, 5.41) is 4.99. The van der Waals surface area contributed by atoms with Gasteiger partial charge in [-0.3, -0.25) is 4.98 Å². The van der Waals surface area contributed by atoms with Gasteiger partial charge in [0.1, 0.15) is 0 Å². The van der Waals surface area contributed by atoms with E-state index in [9.17, 15) is 18.0 Å². The molecule has 0 bridgehead atoms. The van der Waals surface area contributed by atoms with Gasteiger partial charge in [0.05, 0.1) is 12.2 Å². The molecule has 0 radical (unpaired) electrons. The SMILES string of the molecule is COCc1ccc(NC(=O)NCc2cccnc2C)cc1C(F)(F)F. The van der Waals surface area contributed by atoms with Gasteiger partial charge in [-0.15, -0.1) is 0 Å². The number of carbonyl (C=O) groups is 1. The van der Waals surface area contributed by atoms with Crippen molar-refractivity contribution in [3.05, 3.63) is 58.9 Å². The van der Waals surface area contributed by atoms with Crippen LogP contribution in [0, 0.1) is 6.92 Å². The molecule has 0 spiro atoms. The number of rotatable bonds is 5. The highest BCUT2D eigenvalue weighted by Crippen LogP contribution is 2.34. The van der Waals surface area contributed by atoms with Crippen LogP contribution in [0.4, 0.5) is 23.7 Å².